The molecular formula is C26H37FN6O2. The molecule has 0 unspecified atom stereocenters. The Morgan fingerprint density at radius 1 is 1.17 bits per heavy atom. The van der Waals surface area contributed by atoms with Crippen LogP contribution in [0.25, 0.3) is 11.6 Å². The van der Waals surface area contributed by atoms with Gasteiger partial charge in [-0.1, -0.05) is 0 Å². The maximum absolute atomic E-state index is 13.8. The molecule has 0 radical (unpaired) electrons. The Balaban J connectivity index is 1.62. The van der Waals surface area contributed by atoms with E-state index in [1.165, 1.54) is 12.1 Å². The summed E-state index contributed by atoms with van der Waals surface area (Å²) in [5.41, 5.74) is 9.75. The summed E-state index contributed by atoms with van der Waals surface area (Å²) in [6.07, 6.45) is 3.23. The molecule has 1 fully saturated rings. The van der Waals surface area contributed by atoms with Gasteiger partial charge in [-0.2, -0.15) is 0 Å². The van der Waals surface area contributed by atoms with Gasteiger partial charge in [0.1, 0.15) is 5.82 Å². The topological polar surface area (TPSA) is 106 Å². The number of H-pyrrole nitrogens is 1. The van der Waals surface area contributed by atoms with Crippen LogP contribution in [0.3, 0.4) is 0 Å². The average Bonchev–Trinajstić information content (AvgIpc) is 3.13. The number of hydrogen-bond donors (Lipinski definition) is 4. The SMILES string of the molecule is CNc1ccc(F)cc1/C(C=O)=C/c1[nH]c(C)c(C(=O)NCCCN2CCN(CCN)CC2)c1C. The van der Waals surface area contributed by atoms with Gasteiger partial charge in [-0.3, -0.25) is 14.5 Å². The summed E-state index contributed by atoms with van der Waals surface area (Å²) in [5.74, 6) is -0.568. The monoisotopic (exact) mass is 484 g/mol. The van der Waals surface area contributed by atoms with Crippen molar-refractivity contribution in [3.8, 4) is 0 Å². The molecule has 2 aromatic rings. The van der Waals surface area contributed by atoms with Crippen molar-refractivity contribution in [1.29, 1.82) is 0 Å². The van der Waals surface area contributed by atoms with Crippen LogP contribution in [0.2, 0.25) is 0 Å². The molecule has 2 heterocycles. The van der Waals surface area contributed by atoms with Crippen LogP contribution in [0.1, 0.15) is 39.3 Å². The van der Waals surface area contributed by atoms with E-state index in [0.717, 1.165) is 56.9 Å². The van der Waals surface area contributed by atoms with Crippen molar-refractivity contribution >= 4 is 29.5 Å². The molecule has 1 aromatic carbocycles. The predicted octanol–water partition coefficient (Wildman–Crippen LogP) is 2.25. The van der Waals surface area contributed by atoms with Crippen LogP contribution in [0.4, 0.5) is 10.1 Å². The predicted molar refractivity (Wildman–Crippen MR) is 139 cm³/mol. The molecule has 1 saturated heterocycles. The van der Waals surface area contributed by atoms with Gasteiger partial charge in [0.2, 0.25) is 0 Å². The number of rotatable bonds is 11. The first-order chi connectivity index (χ1) is 16.9. The lowest BCUT2D eigenvalue weighted by molar-refractivity contribution is -0.103. The molecule has 1 aliphatic rings. The van der Waals surface area contributed by atoms with Gasteiger partial charge in [0.15, 0.2) is 6.29 Å². The van der Waals surface area contributed by atoms with Crippen LogP contribution < -0.4 is 16.4 Å². The Morgan fingerprint density at radius 2 is 1.86 bits per heavy atom. The van der Waals surface area contributed by atoms with E-state index in [0.29, 0.717) is 47.5 Å². The number of halogens is 1. The highest BCUT2D eigenvalue weighted by molar-refractivity contribution is 6.15. The van der Waals surface area contributed by atoms with Crippen molar-refractivity contribution in [2.24, 2.45) is 5.73 Å². The minimum Gasteiger partial charge on any atom is -0.388 e. The summed E-state index contributed by atoms with van der Waals surface area (Å²) >= 11 is 0. The van der Waals surface area contributed by atoms with E-state index >= 15 is 0 Å². The van der Waals surface area contributed by atoms with Crippen molar-refractivity contribution < 1.29 is 14.0 Å². The zero-order chi connectivity index (χ0) is 25.4. The highest BCUT2D eigenvalue weighted by Crippen LogP contribution is 2.27. The molecule has 1 aromatic heterocycles. The quantitative estimate of drug-likeness (QED) is 0.221. The maximum atomic E-state index is 13.8. The minimum atomic E-state index is -0.427. The number of carbonyl (C=O) groups is 2. The Kier molecular flexibility index (Phi) is 9.59. The Labute approximate surface area is 206 Å². The second-order valence-corrected chi connectivity index (χ2v) is 8.90. The number of amides is 1. The second kappa shape index (κ2) is 12.6. The molecule has 8 nitrogen and oxygen atoms in total. The average molecular weight is 485 g/mol. The highest BCUT2D eigenvalue weighted by atomic mass is 19.1. The fourth-order valence-electron chi connectivity index (χ4n) is 4.58. The minimum absolute atomic E-state index is 0.141. The number of aldehydes is 1. The smallest absolute Gasteiger partial charge is 0.253 e. The summed E-state index contributed by atoms with van der Waals surface area (Å²) in [5, 5.41) is 6.01. The molecule has 0 atom stereocenters. The number of nitrogens with two attached hydrogens (primary N) is 1. The van der Waals surface area contributed by atoms with Crippen molar-refractivity contribution in [1.82, 2.24) is 20.1 Å². The fraction of sp³-hybridized carbons (Fsp3) is 0.462. The van der Waals surface area contributed by atoms with Gasteiger partial charge < -0.3 is 26.3 Å². The van der Waals surface area contributed by atoms with Crippen molar-refractivity contribution in [2.75, 3.05) is 64.7 Å². The molecule has 0 saturated carbocycles. The Hall–Kier alpha value is -3.01. The lowest BCUT2D eigenvalue weighted by Gasteiger charge is -2.34. The van der Waals surface area contributed by atoms with Crippen molar-refractivity contribution in [3.63, 3.8) is 0 Å². The summed E-state index contributed by atoms with van der Waals surface area (Å²) in [6, 6.07) is 4.25. The Bertz CT molecular complexity index is 1060. The van der Waals surface area contributed by atoms with Crippen LogP contribution in [0.5, 0.6) is 0 Å². The maximum Gasteiger partial charge on any atom is 0.253 e. The molecule has 35 heavy (non-hydrogen) atoms. The van der Waals surface area contributed by atoms with Crippen LogP contribution in [-0.2, 0) is 4.79 Å². The van der Waals surface area contributed by atoms with Gasteiger partial charge in [0, 0.05) is 81.1 Å². The lowest BCUT2D eigenvalue weighted by Crippen LogP contribution is -2.48. The highest BCUT2D eigenvalue weighted by Gasteiger charge is 2.19. The lowest BCUT2D eigenvalue weighted by atomic mass is 10.0. The number of carbonyl (C=O) groups excluding carboxylic acids is 2. The summed E-state index contributed by atoms with van der Waals surface area (Å²) in [7, 11) is 1.72. The summed E-state index contributed by atoms with van der Waals surface area (Å²) in [6.45, 7) is 11.0. The molecule has 0 spiro atoms. The van der Waals surface area contributed by atoms with E-state index in [9.17, 15) is 14.0 Å². The first-order valence-corrected chi connectivity index (χ1v) is 12.1. The van der Waals surface area contributed by atoms with Gasteiger partial charge in [-0.15, -0.1) is 0 Å². The molecule has 5 N–H and O–H groups in total. The second-order valence-electron chi connectivity index (χ2n) is 8.90. The van der Waals surface area contributed by atoms with Gasteiger partial charge in [-0.05, 0) is 56.7 Å². The molecule has 9 heteroatoms. The van der Waals surface area contributed by atoms with E-state index in [1.54, 1.807) is 19.2 Å². The first kappa shape index (κ1) is 26.6. The van der Waals surface area contributed by atoms with Crippen LogP contribution in [-0.4, -0.2) is 86.4 Å². The Morgan fingerprint density at radius 3 is 2.49 bits per heavy atom. The van der Waals surface area contributed by atoms with Gasteiger partial charge in [0.25, 0.3) is 5.91 Å². The first-order valence-electron chi connectivity index (χ1n) is 12.1. The van der Waals surface area contributed by atoms with E-state index in [1.807, 2.05) is 13.8 Å². The third-order valence-electron chi connectivity index (χ3n) is 6.54. The van der Waals surface area contributed by atoms with Crippen LogP contribution in [0.15, 0.2) is 18.2 Å². The normalized spacial score (nSPS) is 15.3. The van der Waals surface area contributed by atoms with Crippen LogP contribution >= 0.6 is 0 Å². The van der Waals surface area contributed by atoms with E-state index < -0.39 is 5.82 Å². The van der Waals surface area contributed by atoms with E-state index in [-0.39, 0.29) is 5.91 Å². The number of aromatic amines is 1. The number of allylic oxidation sites excluding steroid dienone is 1. The number of aromatic nitrogens is 1. The number of aryl methyl sites for hydroxylation is 1. The number of nitrogens with zero attached hydrogens (tertiary/aromatic N) is 2. The molecule has 0 bridgehead atoms. The zero-order valence-corrected chi connectivity index (χ0v) is 20.9. The number of benzene rings is 1. The van der Waals surface area contributed by atoms with Gasteiger partial charge >= 0.3 is 0 Å². The third kappa shape index (κ3) is 6.78. The van der Waals surface area contributed by atoms with Crippen LogP contribution in [0, 0.1) is 19.7 Å². The standard InChI is InChI=1S/C26H37FN6O2/c1-18-24(15-20(17-34)22-16-21(27)5-6-23(22)29-3)31-19(2)25(18)26(35)30-8-4-9-32-11-13-33(10-7-28)14-12-32/h5-6,15-17,29,31H,4,7-14,28H2,1-3H3,(H,30,35)/b20-15+. The zero-order valence-electron chi connectivity index (χ0n) is 20.9. The molecule has 3 rings (SSSR count). The van der Waals surface area contributed by atoms with Crippen molar-refractivity contribution in [2.45, 2.75) is 20.3 Å². The van der Waals surface area contributed by atoms with E-state index in [4.69, 9.17) is 5.73 Å². The number of nitrogens with one attached hydrogen (secondary N) is 3. The number of anilines is 1. The molecule has 1 aliphatic heterocycles. The van der Waals surface area contributed by atoms with Gasteiger partial charge in [-0.25, -0.2) is 4.39 Å². The fourth-order valence-corrected chi connectivity index (χ4v) is 4.58. The largest absolute Gasteiger partial charge is 0.388 e. The number of hydrogen-bond acceptors (Lipinski definition) is 6. The molecular weight excluding hydrogens is 447 g/mol. The molecule has 190 valence electrons. The third-order valence-corrected chi connectivity index (χ3v) is 6.54. The number of piperazine rings is 1. The van der Waals surface area contributed by atoms with Crippen molar-refractivity contribution in [3.05, 3.63) is 52.1 Å². The molecule has 1 amide bonds. The molecule has 0 aliphatic carbocycles. The summed E-state index contributed by atoms with van der Waals surface area (Å²) < 4.78 is 13.8. The van der Waals surface area contributed by atoms with Gasteiger partial charge in [0.05, 0.1) is 5.56 Å². The summed E-state index contributed by atoms with van der Waals surface area (Å²) in [4.78, 5) is 32.8. The van der Waals surface area contributed by atoms with E-state index in [2.05, 4.69) is 25.4 Å².